The van der Waals surface area contributed by atoms with Crippen LogP contribution in [0.25, 0.3) is 0 Å². The van der Waals surface area contributed by atoms with Gasteiger partial charge in [0.2, 0.25) is 0 Å². The lowest BCUT2D eigenvalue weighted by molar-refractivity contribution is -0.160. The fourth-order valence-corrected chi connectivity index (χ4v) is 1.01. The summed E-state index contributed by atoms with van der Waals surface area (Å²) in [5, 5.41) is 8.79. The fraction of sp³-hybridized carbons (Fsp3) is 0.600. The zero-order chi connectivity index (χ0) is 11.1. The van der Waals surface area contributed by atoms with Crippen LogP contribution in [-0.2, 0) is 14.3 Å². The number of carboxylic acid groups (broad SMARTS) is 1. The molecule has 0 aliphatic carbocycles. The first-order chi connectivity index (χ1) is 6.54. The minimum Gasteiger partial charge on any atom is -0.481 e. The van der Waals surface area contributed by atoms with Crippen molar-refractivity contribution in [3.63, 3.8) is 0 Å². The first-order valence-electron chi connectivity index (χ1n) is 4.37. The van der Waals surface area contributed by atoms with Gasteiger partial charge in [-0.05, 0) is 5.92 Å². The molecule has 0 fully saturated rings. The molecule has 0 rings (SSSR count). The van der Waals surface area contributed by atoms with Crippen molar-refractivity contribution < 1.29 is 19.4 Å². The van der Waals surface area contributed by atoms with Crippen molar-refractivity contribution >= 4 is 11.9 Å². The average Bonchev–Trinajstić information content (AvgIpc) is 2.14. The maximum Gasteiger partial charge on any atom is 0.321 e. The van der Waals surface area contributed by atoms with Crippen LogP contribution in [0.4, 0.5) is 0 Å². The summed E-state index contributed by atoms with van der Waals surface area (Å²) >= 11 is 0. The molecule has 0 aromatic rings. The molecule has 4 heteroatoms. The molecule has 0 heterocycles. The molecule has 0 aromatic carbocycles. The van der Waals surface area contributed by atoms with Crippen LogP contribution in [0.5, 0.6) is 0 Å². The molecule has 0 spiro atoms. The van der Waals surface area contributed by atoms with Gasteiger partial charge >= 0.3 is 11.9 Å². The molecule has 0 amide bonds. The topological polar surface area (TPSA) is 63.6 Å². The second kappa shape index (κ2) is 6.03. The van der Waals surface area contributed by atoms with Crippen LogP contribution >= 0.6 is 0 Å². The first-order valence-corrected chi connectivity index (χ1v) is 4.37. The Morgan fingerprint density at radius 1 is 1.57 bits per heavy atom. The lowest BCUT2D eigenvalue weighted by atomic mass is 9.92. The zero-order valence-corrected chi connectivity index (χ0v) is 8.32. The number of hydrogen-bond acceptors (Lipinski definition) is 3. The summed E-state index contributed by atoms with van der Waals surface area (Å²) in [4.78, 5) is 22.0. The molecule has 2 unspecified atom stereocenters. The number of hydrogen-bond donors (Lipinski definition) is 1. The molecule has 1 N–H and O–H groups in total. The maximum absolute atomic E-state index is 11.2. The molecule has 0 bridgehead atoms. The van der Waals surface area contributed by atoms with E-state index in [-0.39, 0.29) is 12.5 Å². The monoisotopic (exact) mass is 198 g/mol. The van der Waals surface area contributed by atoms with E-state index in [9.17, 15) is 9.59 Å². The van der Waals surface area contributed by atoms with Gasteiger partial charge in [0.1, 0.15) is 0 Å². The number of rotatable bonds is 5. The normalized spacial score (nSPS) is 13.8. The molecule has 4 nitrogen and oxygen atoms in total. The van der Waals surface area contributed by atoms with Crippen LogP contribution in [0.1, 0.15) is 20.3 Å². The molecule has 0 saturated carbocycles. The highest BCUT2D eigenvalue weighted by atomic mass is 16.5. The number of aliphatic carboxylic acids is 1. The Morgan fingerprint density at radius 2 is 2.14 bits per heavy atom. The minimum atomic E-state index is -1.17. The summed E-state index contributed by atoms with van der Waals surface area (Å²) in [5.41, 5.74) is 0. The third-order valence-corrected chi connectivity index (χ3v) is 2.03. The molecule has 2 atom stereocenters. The third kappa shape index (κ3) is 3.48. The highest BCUT2D eigenvalue weighted by molar-refractivity contribution is 5.94. The van der Waals surface area contributed by atoms with Crippen molar-refractivity contribution in [2.24, 2.45) is 11.8 Å². The van der Waals surface area contributed by atoms with Crippen molar-refractivity contribution in [2.75, 3.05) is 6.61 Å². The largest absolute Gasteiger partial charge is 0.481 e. The molecular weight excluding hydrogens is 184 g/mol. The van der Waals surface area contributed by atoms with Crippen LogP contribution in [0.15, 0.2) is 0 Å². The summed E-state index contributed by atoms with van der Waals surface area (Å²) in [6.07, 6.45) is 5.49. The van der Waals surface area contributed by atoms with Crippen LogP contribution < -0.4 is 0 Å². The Labute approximate surface area is 83.3 Å². The molecule has 78 valence electrons. The van der Waals surface area contributed by atoms with E-state index in [1.807, 2.05) is 6.92 Å². The Balaban J connectivity index is 4.43. The van der Waals surface area contributed by atoms with Gasteiger partial charge in [-0.1, -0.05) is 26.2 Å². The van der Waals surface area contributed by atoms with Gasteiger partial charge in [0.05, 0.1) is 0 Å². The molecular formula is C10H14O4. The predicted octanol–water partition coefficient (Wildman–Crippen LogP) is 0.910. The van der Waals surface area contributed by atoms with Gasteiger partial charge in [-0.3, -0.25) is 9.59 Å². The quantitative estimate of drug-likeness (QED) is 0.405. The zero-order valence-electron chi connectivity index (χ0n) is 8.32. The van der Waals surface area contributed by atoms with E-state index in [1.54, 1.807) is 6.92 Å². The summed E-state index contributed by atoms with van der Waals surface area (Å²) in [7, 11) is 0. The lowest BCUT2D eigenvalue weighted by Gasteiger charge is -2.16. The van der Waals surface area contributed by atoms with Crippen molar-refractivity contribution in [1.82, 2.24) is 0 Å². The van der Waals surface area contributed by atoms with Crippen LogP contribution in [0.3, 0.4) is 0 Å². The molecule has 0 aliphatic heterocycles. The van der Waals surface area contributed by atoms with Gasteiger partial charge in [-0.25, -0.2) is 0 Å². The summed E-state index contributed by atoms with van der Waals surface area (Å²) < 4.78 is 4.58. The number of carboxylic acids is 1. The molecule has 0 aromatic heterocycles. The molecule has 0 saturated heterocycles. The van der Waals surface area contributed by atoms with E-state index < -0.39 is 17.9 Å². The highest BCUT2D eigenvalue weighted by Gasteiger charge is 2.32. The minimum absolute atomic E-state index is 0.182. The average molecular weight is 198 g/mol. The van der Waals surface area contributed by atoms with Gasteiger partial charge in [-0.15, -0.1) is 6.42 Å². The number of terminal acetylenes is 1. The van der Waals surface area contributed by atoms with E-state index in [4.69, 9.17) is 11.5 Å². The Morgan fingerprint density at radius 3 is 2.50 bits per heavy atom. The van der Waals surface area contributed by atoms with Gasteiger partial charge in [0.15, 0.2) is 12.5 Å². The van der Waals surface area contributed by atoms with Crippen molar-refractivity contribution in [2.45, 2.75) is 20.3 Å². The third-order valence-electron chi connectivity index (χ3n) is 2.03. The Kier molecular flexibility index (Phi) is 5.38. The highest BCUT2D eigenvalue weighted by Crippen LogP contribution is 2.17. The van der Waals surface area contributed by atoms with E-state index in [1.165, 1.54) is 0 Å². The van der Waals surface area contributed by atoms with Gasteiger partial charge < -0.3 is 9.84 Å². The van der Waals surface area contributed by atoms with Crippen LogP contribution in [0, 0.1) is 24.2 Å². The summed E-state index contributed by atoms with van der Waals surface area (Å²) in [5.74, 6) is -1.18. The van der Waals surface area contributed by atoms with Gasteiger partial charge in [0.25, 0.3) is 0 Å². The van der Waals surface area contributed by atoms with Crippen LogP contribution in [-0.4, -0.2) is 23.7 Å². The second-order valence-electron chi connectivity index (χ2n) is 3.01. The number of ether oxygens (including phenoxy) is 1. The lowest BCUT2D eigenvalue weighted by Crippen LogP contribution is -2.31. The smallest absolute Gasteiger partial charge is 0.321 e. The fourth-order valence-electron chi connectivity index (χ4n) is 1.01. The van der Waals surface area contributed by atoms with E-state index >= 15 is 0 Å². The van der Waals surface area contributed by atoms with E-state index in [2.05, 4.69) is 10.7 Å². The maximum atomic E-state index is 11.2. The van der Waals surface area contributed by atoms with Crippen LogP contribution in [0.2, 0.25) is 0 Å². The Hall–Kier alpha value is -1.50. The Bertz CT molecular complexity index is 251. The van der Waals surface area contributed by atoms with E-state index in [0.717, 1.165) is 0 Å². The molecule has 0 radical (unpaired) electrons. The van der Waals surface area contributed by atoms with Gasteiger partial charge in [0, 0.05) is 0 Å². The second-order valence-corrected chi connectivity index (χ2v) is 3.01. The van der Waals surface area contributed by atoms with E-state index in [0.29, 0.717) is 6.42 Å². The van der Waals surface area contributed by atoms with Crippen molar-refractivity contribution in [1.29, 1.82) is 0 Å². The SMILES string of the molecule is C#CCOC(=O)C(C(=O)O)C(C)CC. The first kappa shape index (κ1) is 12.5. The predicted molar refractivity (Wildman–Crippen MR) is 50.4 cm³/mol. The van der Waals surface area contributed by atoms with Crippen molar-refractivity contribution in [3.05, 3.63) is 0 Å². The molecule has 0 aliphatic rings. The van der Waals surface area contributed by atoms with Crippen molar-refractivity contribution in [3.8, 4) is 12.3 Å². The van der Waals surface area contributed by atoms with Gasteiger partial charge in [-0.2, -0.15) is 0 Å². The number of esters is 1. The summed E-state index contributed by atoms with van der Waals surface area (Å²) in [6.45, 7) is 3.32. The molecule has 14 heavy (non-hydrogen) atoms. The number of carbonyl (C=O) groups is 2. The number of carbonyl (C=O) groups excluding carboxylic acids is 1. The summed E-state index contributed by atoms with van der Waals surface area (Å²) in [6, 6.07) is 0. The standard InChI is InChI=1S/C10H14O4/c1-4-6-14-10(13)8(9(11)12)7(3)5-2/h1,7-8H,5-6H2,2-3H3,(H,11,12).